The van der Waals surface area contributed by atoms with Crippen LogP contribution < -0.4 is 0 Å². The van der Waals surface area contributed by atoms with Crippen LogP contribution in [-0.4, -0.2) is 0 Å². The molecule has 0 fully saturated rings. The molecule has 0 spiro atoms. The number of hydrogen-bond acceptors (Lipinski definition) is 1. The molecule has 0 saturated carbocycles. The van der Waals surface area contributed by atoms with Crippen molar-refractivity contribution in [2.75, 3.05) is 0 Å². The molecule has 0 amide bonds. The Morgan fingerprint density at radius 2 is 2.08 bits per heavy atom. The lowest BCUT2D eigenvalue weighted by atomic mass is 10.1. The molecule has 1 heteroatoms. The molecular weight excluding hydrogens is 160 g/mol. The second kappa shape index (κ2) is 2.67. The molecule has 0 atom stereocenters. The predicted molar refractivity (Wildman–Crippen MR) is 53.6 cm³/mol. The average molecular weight is 170 g/mol. The lowest BCUT2D eigenvalue weighted by Crippen LogP contribution is -1.74. The third-order valence-corrected chi connectivity index (χ3v) is 2.34. The van der Waals surface area contributed by atoms with E-state index in [1.165, 1.54) is 5.56 Å². The topological polar surface area (TPSA) is 13.1 Å². The summed E-state index contributed by atoms with van der Waals surface area (Å²) >= 11 is 0. The molecule has 0 aliphatic carbocycles. The van der Waals surface area contributed by atoms with E-state index >= 15 is 0 Å². The largest absolute Gasteiger partial charge is 0.461 e. The van der Waals surface area contributed by atoms with Crippen LogP contribution in [0.3, 0.4) is 0 Å². The average Bonchev–Trinajstić information content (AvgIpc) is 2.43. The quantitative estimate of drug-likeness (QED) is 0.554. The first-order valence-corrected chi connectivity index (χ1v) is 4.18. The zero-order valence-electron chi connectivity index (χ0n) is 7.72. The van der Waals surface area contributed by atoms with Crippen LogP contribution in [0.25, 0.3) is 11.0 Å². The van der Waals surface area contributed by atoms with Crippen molar-refractivity contribution in [2.24, 2.45) is 0 Å². The van der Waals surface area contributed by atoms with Crippen molar-refractivity contribution in [3.8, 4) is 12.3 Å². The van der Waals surface area contributed by atoms with E-state index in [2.05, 4.69) is 5.92 Å². The molecule has 0 aliphatic heterocycles. The van der Waals surface area contributed by atoms with Gasteiger partial charge in [-0.3, -0.25) is 0 Å². The number of benzene rings is 1. The van der Waals surface area contributed by atoms with Crippen molar-refractivity contribution in [3.63, 3.8) is 0 Å². The summed E-state index contributed by atoms with van der Waals surface area (Å²) in [6.45, 7) is 4.01. The Labute approximate surface area is 77.4 Å². The Morgan fingerprint density at radius 1 is 1.31 bits per heavy atom. The normalized spacial score (nSPS) is 10.2. The molecule has 0 radical (unpaired) electrons. The Morgan fingerprint density at radius 3 is 2.77 bits per heavy atom. The molecule has 1 heterocycles. The molecule has 1 nitrogen and oxygen atoms in total. The van der Waals surface area contributed by atoms with E-state index in [0.29, 0.717) is 0 Å². The number of furan rings is 1. The maximum atomic E-state index is 5.53. The van der Waals surface area contributed by atoms with Gasteiger partial charge >= 0.3 is 0 Å². The number of fused-ring (bicyclic) bond motifs is 1. The van der Waals surface area contributed by atoms with Gasteiger partial charge in [-0.05, 0) is 37.6 Å². The molecule has 2 aromatic rings. The van der Waals surface area contributed by atoms with Gasteiger partial charge < -0.3 is 4.42 Å². The van der Waals surface area contributed by atoms with Crippen molar-refractivity contribution in [2.45, 2.75) is 13.8 Å². The summed E-state index contributed by atoms with van der Waals surface area (Å²) in [6, 6.07) is 5.80. The van der Waals surface area contributed by atoms with Gasteiger partial charge in [-0.2, -0.15) is 0 Å². The van der Waals surface area contributed by atoms with Crippen LogP contribution in [0.1, 0.15) is 16.9 Å². The summed E-state index contributed by atoms with van der Waals surface area (Å²) < 4.78 is 5.53. The van der Waals surface area contributed by atoms with Gasteiger partial charge in [0.05, 0.1) is 0 Å². The molecule has 13 heavy (non-hydrogen) atoms. The molecule has 0 saturated heterocycles. The predicted octanol–water partition coefficient (Wildman–Crippen LogP) is 3.03. The maximum Gasteiger partial charge on any atom is 0.134 e. The standard InChI is InChI=1S/C12H10O/c1-4-10-5-6-12-11(7-10)8(2)9(3)13-12/h1,5-7H,2-3H3. The van der Waals surface area contributed by atoms with Crippen LogP contribution in [0.5, 0.6) is 0 Å². The van der Waals surface area contributed by atoms with Crippen molar-refractivity contribution in [1.29, 1.82) is 0 Å². The SMILES string of the molecule is C#Cc1ccc2oc(C)c(C)c2c1. The smallest absolute Gasteiger partial charge is 0.134 e. The first-order chi connectivity index (χ1) is 6.22. The van der Waals surface area contributed by atoms with Gasteiger partial charge in [0.1, 0.15) is 11.3 Å². The molecule has 0 aliphatic rings. The lowest BCUT2D eigenvalue weighted by Gasteiger charge is -1.91. The molecule has 64 valence electrons. The minimum atomic E-state index is 0.899. The van der Waals surface area contributed by atoms with E-state index in [9.17, 15) is 0 Å². The minimum Gasteiger partial charge on any atom is -0.461 e. The molecule has 1 aromatic carbocycles. The van der Waals surface area contributed by atoms with Gasteiger partial charge in [-0.25, -0.2) is 0 Å². The summed E-state index contributed by atoms with van der Waals surface area (Å²) in [5.74, 6) is 3.58. The Hall–Kier alpha value is -1.68. The van der Waals surface area contributed by atoms with Crippen LogP contribution in [-0.2, 0) is 0 Å². The van der Waals surface area contributed by atoms with Crippen molar-refractivity contribution >= 4 is 11.0 Å². The van der Waals surface area contributed by atoms with Gasteiger partial charge in [0.25, 0.3) is 0 Å². The second-order valence-corrected chi connectivity index (χ2v) is 3.14. The highest BCUT2D eigenvalue weighted by Gasteiger charge is 2.05. The highest BCUT2D eigenvalue weighted by Crippen LogP contribution is 2.25. The number of rotatable bonds is 0. The monoisotopic (exact) mass is 170 g/mol. The molecule has 2 rings (SSSR count). The number of terminal acetylenes is 1. The van der Waals surface area contributed by atoms with Crippen LogP contribution in [0.15, 0.2) is 22.6 Å². The molecule has 0 N–H and O–H groups in total. The van der Waals surface area contributed by atoms with Gasteiger partial charge in [0.15, 0.2) is 0 Å². The van der Waals surface area contributed by atoms with Gasteiger partial charge in [0, 0.05) is 10.9 Å². The fraction of sp³-hybridized carbons (Fsp3) is 0.167. The van der Waals surface area contributed by atoms with Crippen molar-refractivity contribution in [1.82, 2.24) is 0 Å². The number of hydrogen-bond donors (Lipinski definition) is 0. The van der Waals surface area contributed by atoms with Gasteiger partial charge in [0.2, 0.25) is 0 Å². The first kappa shape index (κ1) is 7.94. The molecule has 0 bridgehead atoms. The van der Waals surface area contributed by atoms with E-state index in [1.54, 1.807) is 0 Å². The van der Waals surface area contributed by atoms with Crippen molar-refractivity contribution in [3.05, 3.63) is 35.1 Å². The van der Waals surface area contributed by atoms with E-state index in [4.69, 9.17) is 10.8 Å². The van der Waals surface area contributed by atoms with E-state index in [0.717, 1.165) is 22.3 Å². The molecular formula is C12H10O. The number of aryl methyl sites for hydroxylation is 2. The van der Waals surface area contributed by atoms with E-state index < -0.39 is 0 Å². The van der Waals surface area contributed by atoms with Gasteiger partial charge in [-0.15, -0.1) is 6.42 Å². The van der Waals surface area contributed by atoms with Crippen LogP contribution >= 0.6 is 0 Å². The summed E-state index contributed by atoms with van der Waals surface area (Å²) in [7, 11) is 0. The fourth-order valence-corrected chi connectivity index (χ4v) is 1.43. The zero-order valence-corrected chi connectivity index (χ0v) is 7.72. The summed E-state index contributed by atoms with van der Waals surface area (Å²) in [6.07, 6.45) is 5.32. The van der Waals surface area contributed by atoms with E-state index in [1.807, 2.05) is 32.0 Å². The van der Waals surface area contributed by atoms with Crippen LogP contribution in [0.4, 0.5) is 0 Å². The minimum absolute atomic E-state index is 0.899. The van der Waals surface area contributed by atoms with Gasteiger partial charge in [-0.1, -0.05) is 5.92 Å². The molecule has 1 aromatic heterocycles. The summed E-state index contributed by atoms with van der Waals surface area (Å²) in [5.41, 5.74) is 2.98. The van der Waals surface area contributed by atoms with E-state index in [-0.39, 0.29) is 0 Å². The van der Waals surface area contributed by atoms with Crippen LogP contribution in [0.2, 0.25) is 0 Å². The first-order valence-electron chi connectivity index (χ1n) is 4.18. The lowest BCUT2D eigenvalue weighted by molar-refractivity contribution is 0.575. The van der Waals surface area contributed by atoms with Crippen LogP contribution in [0, 0.1) is 26.2 Å². The Kier molecular flexibility index (Phi) is 1.63. The maximum absolute atomic E-state index is 5.53. The third kappa shape index (κ3) is 1.11. The summed E-state index contributed by atoms with van der Waals surface area (Å²) in [5, 5.41) is 1.12. The highest BCUT2D eigenvalue weighted by atomic mass is 16.3. The Balaban J connectivity index is 2.84. The fourth-order valence-electron chi connectivity index (χ4n) is 1.43. The Bertz CT molecular complexity index is 498. The zero-order chi connectivity index (χ0) is 9.42. The molecule has 0 unspecified atom stereocenters. The van der Waals surface area contributed by atoms with Crippen molar-refractivity contribution < 1.29 is 4.42 Å². The summed E-state index contributed by atoms with van der Waals surface area (Å²) in [4.78, 5) is 0. The second-order valence-electron chi connectivity index (χ2n) is 3.14. The highest BCUT2D eigenvalue weighted by molar-refractivity contribution is 5.83. The third-order valence-electron chi connectivity index (χ3n) is 2.34.